The monoisotopic (exact) mass is 309 g/mol. The van der Waals surface area contributed by atoms with Crippen LogP contribution in [0, 0.1) is 0 Å². The summed E-state index contributed by atoms with van der Waals surface area (Å²) < 4.78 is 11.8. The zero-order chi connectivity index (χ0) is 15.1. The van der Waals surface area contributed by atoms with E-state index in [4.69, 9.17) is 9.15 Å². The fourth-order valence-corrected chi connectivity index (χ4v) is 3.34. The minimum absolute atomic E-state index is 0.0806. The van der Waals surface area contributed by atoms with E-state index < -0.39 is 0 Å². The summed E-state index contributed by atoms with van der Waals surface area (Å²) in [6, 6.07) is 13.0. The Labute approximate surface area is 129 Å². The summed E-state index contributed by atoms with van der Waals surface area (Å²) in [6.45, 7) is 0. The molecular weight excluding hydrogens is 298 g/mol. The van der Waals surface area contributed by atoms with Crippen molar-refractivity contribution in [2.45, 2.75) is 0 Å². The number of rotatable bonds is 2. The van der Waals surface area contributed by atoms with Gasteiger partial charge in [0.25, 0.3) is 0 Å². The molecule has 0 saturated heterocycles. The molecule has 0 atom stereocenters. The van der Waals surface area contributed by atoms with Crippen LogP contribution in [0.3, 0.4) is 0 Å². The molecule has 5 heteroatoms. The predicted molar refractivity (Wildman–Crippen MR) is 87.7 cm³/mol. The van der Waals surface area contributed by atoms with Gasteiger partial charge < -0.3 is 9.15 Å². The summed E-state index contributed by atoms with van der Waals surface area (Å²) in [5.74, 6) is 0.656. The molecule has 2 heterocycles. The van der Waals surface area contributed by atoms with Gasteiger partial charge in [0.1, 0.15) is 22.6 Å². The minimum atomic E-state index is -0.0806. The molecule has 22 heavy (non-hydrogen) atoms. The quantitative estimate of drug-likeness (QED) is 0.560. The lowest BCUT2D eigenvalue weighted by Gasteiger charge is -2.02. The average Bonchev–Trinajstić information content (AvgIpc) is 2.98. The number of fused-ring (bicyclic) bond motifs is 2. The normalized spacial score (nSPS) is 11.1. The molecular formula is C17H11NO3S. The Morgan fingerprint density at radius 2 is 2.05 bits per heavy atom. The molecule has 2 aromatic heterocycles. The SMILES string of the molecule is COc1ccc2c(=O)c(-c3nc4ccccc4s3)coc2c1. The number of hydrogen-bond acceptors (Lipinski definition) is 5. The average molecular weight is 309 g/mol. The molecule has 0 amide bonds. The highest BCUT2D eigenvalue weighted by Gasteiger charge is 2.13. The summed E-state index contributed by atoms with van der Waals surface area (Å²) in [7, 11) is 1.58. The van der Waals surface area contributed by atoms with Crippen LogP contribution in [0.5, 0.6) is 5.75 Å². The molecule has 4 rings (SSSR count). The lowest BCUT2D eigenvalue weighted by Crippen LogP contribution is -2.04. The second-order valence-electron chi connectivity index (χ2n) is 4.83. The molecule has 0 aliphatic carbocycles. The van der Waals surface area contributed by atoms with Crippen molar-refractivity contribution in [3.63, 3.8) is 0 Å². The van der Waals surface area contributed by atoms with E-state index >= 15 is 0 Å². The first-order valence-electron chi connectivity index (χ1n) is 6.72. The van der Waals surface area contributed by atoms with Crippen molar-refractivity contribution in [2.75, 3.05) is 7.11 Å². The van der Waals surface area contributed by atoms with Crippen LogP contribution < -0.4 is 10.2 Å². The molecule has 0 saturated carbocycles. The van der Waals surface area contributed by atoms with Gasteiger partial charge in [-0.1, -0.05) is 12.1 Å². The Morgan fingerprint density at radius 3 is 2.86 bits per heavy atom. The summed E-state index contributed by atoms with van der Waals surface area (Å²) in [5, 5.41) is 1.20. The lowest BCUT2D eigenvalue weighted by atomic mass is 10.1. The van der Waals surface area contributed by atoms with Crippen molar-refractivity contribution in [2.24, 2.45) is 0 Å². The molecule has 0 radical (unpaired) electrons. The van der Waals surface area contributed by atoms with Crippen molar-refractivity contribution >= 4 is 32.5 Å². The van der Waals surface area contributed by atoms with E-state index in [0.717, 1.165) is 10.2 Å². The van der Waals surface area contributed by atoms with Gasteiger partial charge in [-0.2, -0.15) is 0 Å². The van der Waals surface area contributed by atoms with E-state index in [1.807, 2.05) is 24.3 Å². The zero-order valence-electron chi connectivity index (χ0n) is 11.7. The van der Waals surface area contributed by atoms with E-state index in [-0.39, 0.29) is 5.43 Å². The van der Waals surface area contributed by atoms with E-state index in [2.05, 4.69) is 4.98 Å². The molecule has 0 bridgehead atoms. The molecule has 108 valence electrons. The minimum Gasteiger partial charge on any atom is -0.497 e. The third-order valence-electron chi connectivity index (χ3n) is 3.51. The highest BCUT2D eigenvalue weighted by atomic mass is 32.1. The van der Waals surface area contributed by atoms with Gasteiger partial charge in [-0.25, -0.2) is 4.98 Å². The maximum atomic E-state index is 12.7. The molecule has 4 aromatic rings. The van der Waals surface area contributed by atoms with Gasteiger partial charge in [0, 0.05) is 6.07 Å². The van der Waals surface area contributed by atoms with Crippen LogP contribution >= 0.6 is 11.3 Å². The van der Waals surface area contributed by atoms with Gasteiger partial charge in [-0.15, -0.1) is 11.3 Å². The Kier molecular flexibility index (Phi) is 2.94. The standard InChI is InChI=1S/C17H11NO3S/c1-20-10-6-7-11-14(8-10)21-9-12(16(11)19)17-18-13-4-2-3-5-15(13)22-17/h2-9H,1H3. The molecule has 2 aromatic carbocycles. The van der Waals surface area contributed by atoms with Crippen LogP contribution in [0.1, 0.15) is 0 Å². The van der Waals surface area contributed by atoms with Gasteiger partial charge in [-0.3, -0.25) is 4.79 Å². The zero-order valence-corrected chi connectivity index (χ0v) is 12.5. The van der Waals surface area contributed by atoms with Gasteiger partial charge >= 0.3 is 0 Å². The van der Waals surface area contributed by atoms with E-state index in [1.165, 1.54) is 17.6 Å². The van der Waals surface area contributed by atoms with Crippen LogP contribution in [0.4, 0.5) is 0 Å². The first kappa shape index (κ1) is 13.0. The van der Waals surface area contributed by atoms with Gasteiger partial charge in [0.05, 0.1) is 28.3 Å². The van der Waals surface area contributed by atoms with Crippen molar-refractivity contribution in [1.82, 2.24) is 4.98 Å². The number of benzene rings is 2. The third-order valence-corrected chi connectivity index (χ3v) is 4.58. The predicted octanol–water partition coefficient (Wildman–Crippen LogP) is 4.08. The lowest BCUT2D eigenvalue weighted by molar-refractivity contribution is 0.414. The van der Waals surface area contributed by atoms with E-state index in [1.54, 1.807) is 25.3 Å². The fraction of sp³-hybridized carbons (Fsp3) is 0.0588. The highest BCUT2D eigenvalue weighted by molar-refractivity contribution is 7.21. The van der Waals surface area contributed by atoms with Crippen LogP contribution in [-0.4, -0.2) is 12.1 Å². The molecule has 0 unspecified atom stereocenters. The van der Waals surface area contributed by atoms with E-state index in [0.29, 0.717) is 27.3 Å². The van der Waals surface area contributed by atoms with Gasteiger partial charge in [0.2, 0.25) is 5.43 Å². The number of ether oxygens (including phenoxy) is 1. The van der Waals surface area contributed by atoms with Crippen LogP contribution in [-0.2, 0) is 0 Å². The van der Waals surface area contributed by atoms with Crippen molar-refractivity contribution in [1.29, 1.82) is 0 Å². The summed E-state index contributed by atoms with van der Waals surface area (Å²) in [6.07, 6.45) is 1.47. The Hall–Kier alpha value is -2.66. The molecule has 0 N–H and O–H groups in total. The molecule has 0 aliphatic heterocycles. The smallest absolute Gasteiger partial charge is 0.202 e. The van der Waals surface area contributed by atoms with Crippen molar-refractivity contribution < 1.29 is 9.15 Å². The second kappa shape index (κ2) is 4.96. The van der Waals surface area contributed by atoms with Crippen LogP contribution in [0.2, 0.25) is 0 Å². The van der Waals surface area contributed by atoms with Crippen molar-refractivity contribution in [3.05, 3.63) is 59.0 Å². The highest BCUT2D eigenvalue weighted by Crippen LogP contribution is 2.29. The number of para-hydroxylation sites is 1. The largest absolute Gasteiger partial charge is 0.497 e. The Morgan fingerprint density at radius 1 is 1.18 bits per heavy atom. The molecule has 0 spiro atoms. The Balaban J connectivity index is 1.95. The number of thiazole rings is 1. The summed E-state index contributed by atoms with van der Waals surface area (Å²) in [5.41, 5.74) is 1.80. The molecule has 0 fully saturated rings. The number of methoxy groups -OCH3 is 1. The summed E-state index contributed by atoms with van der Waals surface area (Å²) in [4.78, 5) is 17.2. The maximum Gasteiger partial charge on any atom is 0.202 e. The topological polar surface area (TPSA) is 52.3 Å². The van der Waals surface area contributed by atoms with E-state index in [9.17, 15) is 4.79 Å². The molecule has 0 aliphatic rings. The summed E-state index contributed by atoms with van der Waals surface area (Å²) >= 11 is 1.48. The first-order chi connectivity index (χ1) is 10.8. The second-order valence-corrected chi connectivity index (χ2v) is 5.86. The van der Waals surface area contributed by atoms with Gasteiger partial charge in [0.15, 0.2) is 0 Å². The third kappa shape index (κ3) is 1.98. The number of nitrogens with zero attached hydrogens (tertiary/aromatic N) is 1. The number of aromatic nitrogens is 1. The van der Waals surface area contributed by atoms with Crippen LogP contribution in [0.25, 0.3) is 31.8 Å². The number of hydrogen-bond donors (Lipinski definition) is 0. The van der Waals surface area contributed by atoms with Gasteiger partial charge in [-0.05, 0) is 24.3 Å². The maximum absolute atomic E-state index is 12.7. The first-order valence-corrected chi connectivity index (χ1v) is 7.53. The molecule has 4 nitrogen and oxygen atoms in total. The fourth-order valence-electron chi connectivity index (χ4n) is 2.37. The Bertz CT molecular complexity index is 1020. The van der Waals surface area contributed by atoms with Crippen molar-refractivity contribution in [3.8, 4) is 16.3 Å². The van der Waals surface area contributed by atoms with Crippen LogP contribution in [0.15, 0.2) is 57.9 Å².